The van der Waals surface area contributed by atoms with Crippen molar-refractivity contribution >= 4 is 21.7 Å². The number of amides is 1. The van der Waals surface area contributed by atoms with Crippen LogP contribution in [-0.2, 0) is 20.8 Å². The van der Waals surface area contributed by atoms with E-state index in [9.17, 15) is 39.6 Å². The predicted molar refractivity (Wildman–Crippen MR) is 154 cm³/mol. The molecule has 4 rings (SSSR count). The van der Waals surface area contributed by atoms with Crippen LogP contribution in [0.2, 0.25) is 0 Å². The molecule has 1 unspecified atom stereocenters. The van der Waals surface area contributed by atoms with Gasteiger partial charge in [0.25, 0.3) is 0 Å². The zero-order valence-electron chi connectivity index (χ0n) is 24.5. The fourth-order valence-electron chi connectivity index (χ4n) is 4.94. The molecule has 2 heterocycles. The number of hydrogen-bond donors (Lipinski definition) is 2. The lowest BCUT2D eigenvalue weighted by Gasteiger charge is -2.29. The first-order valence-electron chi connectivity index (χ1n) is 14.0. The van der Waals surface area contributed by atoms with Crippen molar-refractivity contribution in [1.29, 1.82) is 0 Å². The molecule has 0 bridgehead atoms. The first-order chi connectivity index (χ1) is 20.8. The number of anilines is 1. The molecule has 15 heteroatoms. The summed E-state index contributed by atoms with van der Waals surface area (Å²) in [6, 6.07) is 7.95. The fraction of sp³-hybridized carbons (Fsp3) is 0.433. The highest BCUT2D eigenvalue weighted by Crippen LogP contribution is 2.35. The van der Waals surface area contributed by atoms with E-state index in [-0.39, 0.29) is 16.8 Å². The summed E-state index contributed by atoms with van der Waals surface area (Å²) in [5.74, 6) is 0.270. The molecule has 1 atom stereocenters. The van der Waals surface area contributed by atoms with Crippen LogP contribution >= 0.6 is 0 Å². The number of nitrogens with one attached hydrogen (secondary N) is 2. The molecule has 1 saturated carbocycles. The fourth-order valence-corrected chi connectivity index (χ4v) is 6.73. The average Bonchev–Trinajstić information content (AvgIpc) is 2.95. The Morgan fingerprint density at radius 2 is 1.53 bits per heavy atom. The SMILES string of the molecule is CC(C)(C)OC(=O)NC(c1cc(-c2ccc(S(=O)(=O)[C@H]3CC[C@H](Nc4ccc(C(F)(F)F)cn4)CC3)cc2)ccn1)C(F)(F)F. The van der Waals surface area contributed by atoms with Gasteiger partial charge in [0, 0.05) is 18.4 Å². The van der Waals surface area contributed by atoms with Gasteiger partial charge in [-0.15, -0.1) is 0 Å². The third-order valence-electron chi connectivity index (χ3n) is 7.14. The Kier molecular flexibility index (Phi) is 9.71. The van der Waals surface area contributed by atoms with Gasteiger partial charge in [-0.2, -0.15) is 26.3 Å². The standard InChI is InChI=1S/C30H32F6N4O4S/c1-28(2,3)44-27(41)40-26(30(34,35)36)24-16-19(14-15-37-24)18-4-9-22(10-5-18)45(42,43)23-11-7-21(8-12-23)39-25-13-6-20(17-38-25)29(31,32)33/h4-6,9-10,13-17,21,23,26H,7-8,11-12H2,1-3H3,(H,38,39)(H,40,41)/t21-,23-,26?. The van der Waals surface area contributed by atoms with Crippen LogP contribution < -0.4 is 10.6 Å². The van der Waals surface area contributed by atoms with Gasteiger partial charge in [0.15, 0.2) is 15.9 Å². The Hall–Kier alpha value is -3.88. The number of alkyl carbamates (subject to hydrolysis) is 1. The summed E-state index contributed by atoms with van der Waals surface area (Å²) >= 11 is 0. The first kappa shape index (κ1) is 34.0. The van der Waals surface area contributed by atoms with Crippen molar-refractivity contribution in [3.05, 3.63) is 72.2 Å². The van der Waals surface area contributed by atoms with Crippen molar-refractivity contribution in [3.8, 4) is 11.1 Å². The van der Waals surface area contributed by atoms with Crippen LogP contribution in [0.15, 0.2) is 65.8 Å². The molecular weight excluding hydrogens is 626 g/mol. The van der Waals surface area contributed by atoms with E-state index in [1.54, 1.807) is 0 Å². The molecule has 2 aromatic heterocycles. The van der Waals surface area contributed by atoms with Crippen molar-refractivity contribution < 1.29 is 44.3 Å². The molecule has 0 radical (unpaired) electrons. The number of hydrogen-bond acceptors (Lipinski definition) is 7. The van der Waals surface area contributed by atoms with Crippen molar-refractivity contribution in [3.63, 3.8) is 0 Å². The maximum atomic E-state index is 13.9. The van der Waals surface area contributed by atoms with Gasteiger partial charge in [0.2, 0.25) is 0 Å². The van der Waals surface area contributed by atoms with Crippen LogP contribution in [0.3, 0.4) is 0 Å². The number of ether oxygens (including phenoxy) is 1. The number of pyridine rings is 2. The highest BCUT2D eigenvalue weighted by molar-refractivity contribution is 7.92. The Morgan fingerprint density at radius 3 is 2.07 bits per heavy atom. The van der Waals surface area contributed by atoms with Crippen LogP contribution in [-0.4, -0.2) is 47.5 Å². The molecule has 1 amide bonds. The quantitative estimate of drug-likeness (QED) is 0.253. The molecule has 244 valence electrons. The number of sulfone groups is 1. The smallest absolute Gasteiger partial charge is 0.417 e. The van der Waals surface area contributed by atoms with Gasteiger partial charge in [-0.3, -0.25) is 4.98 Å². The number of benzene rings is 1. The van der Waals surface area contributed by atoms with Gasteiger partial charge in [-0.25, -0.2) is 18.2 Å². The largest absolute Gasteiger partial charge is 0.444 e. The Morgan fingerprint density at radius 1 is 0.889 bits per heavy atom. The minimum atomic E-state index is -4.87. The first-order valence-corrected chi connectivity index (χ1v) is 15.5. The van der Waals surface area contributed by atoms with E-state index in [1.807, 2.05) is 5.32 Å². The second-order valence-corrected chi connectivity index (χ2v) is 13.9. The summed E-state index contributed by atoms with van der Waals surface area (Å²) in [6.45, 7) is 4.56. The molecule has 8 nitrogen and oxygen atoms in total. The number of alkyl halides is 6. The molecule has 3 aromatic rings. The van der Waals surface area contributed by atoms with Crippen LogP contribution in [0, 0.1) is 0 Å². The molecule has 1 aromatic carbocycles. The molecule has 2 N–H and O–H groups in total. The zero-order chi connectivity index (χ0) is 33.2. The minimum absolute atomic E-state index is 0.0566. The molecule has 0 spiro atoms. The molecule has 0 saturated heterocycles. The van der Waals surface area contributed by atoms with E-state index in [0.29, 0.717) is 36.8 Å². The summed E-state index contributed by atoms with van der Waals surface area (Å²) in [5.41, 5.74) is -1.58. The molecule has 1 aliphatic carbocycles. The van der Waals surface area contributed by atoms with E-state index in [0.717, 1.165) is 18.5 Å². The molecule has 0 aliphatic heterocycles. The molecule has 1 fully saturated rings. The third-order valence-corrected chi connectivity index (χ3v) is 9.42. The predicted octanol–water partition coefficient (Wildman–Crippen LogP) is 7.49. The summed E-state index contributed by atoms with van der Waals surface area (Å²) in [6.07, 6.45) is -7.16. The average molecular weight is 659 g/mol. The highest BCUT2D eigenvalue weighted by atomic mass is 32.2. The summed E-state index contributed by atoms with van der Waals surface area (Å²) < 4.78 is 112. The number of rotatable bonds is 7. The monoisotopic (exact) mass is 658 g/mol. The van der Waals surface area contributed by atoms with E-state index >= 15 is 0 Å². The number of aromatic nitrogens is 2. The van der Waals surface area contributed by atoms with Gasteiger partial charge < -0.3 is 15.4 Å². The third kappa shape index (κ3) is 8.86. The van der Waals surface area contributed by atoms with Crippen molar-refractivity contribution in [2.45, 2.75) is 86.6 Å². The maximum Gasteiger partial charge on any atom is 0.417 e. The summed E-state index contributed by atoms with van der Waals surface area (Å²) in [4.78, 5) is 19.8. The highest BCUT2D eigenvalue weighted by Gasteiger charge is 2.44. The second kappa shape index (κ2) is 12.9. The topological polar surface area (TPSA) is 110 Å². The van der Waals surface area contributed by atoms with Crippen molar-refractivity contribution in [2.24, 2.45) is 0 Å². The van der Waals surface area contributed by atoms with Gasteiger partial charge in [-0.05, 0) is 94.0 Å². The molecular formula is C30H32F6N4O4S. The summed E-state index contributed by atoms with van der Waals surface area (Å²) in [5, 5.41) is 4.20. The lowest BCUT2D eigenvalue weighted by atomic mass is 9.95. The number of carbonyl (C=O) groups is 1. The number of nitrogens with zero attached hydrogens (tertiary/aromatic N) is 2. The lowest BCUT2D eigenvalue weighted by molar-refractivity contribution is -0.157. The number of halogens is 6. The zero-order valence-corrected chi connectivity index (χ0v) is 25.4. The van der Waals surface area contributed by atoms with Gasteiger partial charge in [0.05, 0.1) is 21.4 Å². The normalized spacial score (nSPS) is 18.6. The number of carbonyl (C=O) groups excluding carboxylic acids is 1. The van der Waals surface area contributed by atoms with Gasteiger partial charge in [-0.1, -0.05) is 12.1 Å². The molecule has 45 heavy (non-hydrogen) atoms. The molecule has 1 aliphatic rings. The Labute approximate surface area is 256 Å². The van der Waals surface area contributed by atoms with Crippen molar-refractivity contribution in [2.75, 3.05) is 5.32 Å². The van der Waals surface area contributed by atoms with E-state index in [1.165, 1.54) is 63.2 Å². The summed E-state index contributed by atoms with van der Waals surface area (Å²) in [7, 11) is -3.74. The minimum Gasteiger partial charge on any atom is -0.444 e. The van der Waals surface area contributed by atoms with Crippen LogP contribution in [0.4, 0.5) is 37.0 Å². The second-order valence-electron chi connectivity index (χ2n) is 11.7. The van der Waals surface area contributed by atoms with E-state index < -0.39 is 56.4 Å². The van der Waals surface area contributed by atoms with Crippen molar-refractivity contribution in [1.82, 2.24) is 15.3 Å². The van der Waals surface area contributed by atoms with Gasteiger partial charge in [0.1, 0.15) is 11.4 Å². The van der Waals surface area contributed by atoms with E-state index in [4.69, 9.17) is 4.74 Å². The van der Waals surface area contributed by atoms with Gasteiger partial charge >= 0.3 is 18.4 Å². The van der Waals surface area contributed by atoms with E-state index in [2.05, 4.69) is 15.3 Å². The Bertz CT molecular complexity index is 1580. The lowest BCUT2D eigenvalue weighted by Crippen LogP contribution is -2.41. The Balaban J connectivity index is 1.42. The maximum absolute atomic E-state index is 13.9. The van der Waals surface area contributed by atoms with Crippen LogP contribution in [0.5, 0.6) is 0 Å². The van der Waals surface area contributed by atoms with Crippen LogP contribution in [0.25, 0.3) is 11.1 Å². The van der Waals surface area contributed by atoms with Crippen LogP contribution in [0.1, 0.15) is 63.8 Å².